The van der Waals surface area contributed by atoms with Crippen molar-refractivity contribution in [3.8, 4) is 22.4 Å². The van der Waals surface area contributed by atoms with E-state index in [1.165, 1.54) is 18.4 Å². The lowest BCUT2D eigenvalue weighted by molar-refractivity contribution is 0.439. The van der Waals surface area contributed by atoms with Crippen LogP contribution in [-0.2, 0) is 0 Å². The SMILES string of the molecule is Cc1occc1-c1noc(N)c1-c1c(F)cccc1Cl. The highest BCUT2D eigenvalue weighted by molar-refractivity contribution is 6.33. The Kier molecular flexibility index (Phi) is 2.99. The molecule has 20 heavy (non-hydrogen) atoms. The summed E-state index contributed by atoms with van der Waals surface area (Å²) >= 11 is 6.08. The van der Waals surface area contributed by atoms with Gasteiger partial charge >= 0.3 is 0 Å². The molecule has 0 bridgehead atoms. The highest BCUT2D eigenvalue weighted by Crippen LogP contribution is 2.41. The van der Waals surface area contributed by atoms with E-state index >= 15 is 0 Å². The molecule has 2 N–H and O–H groups in total. The molecule has 3 aromatic rings. The quantitative estimate of drug-likeness (QED) is 0.765. The van der Waals surface area contributed by atoms with E-state index in [2.05, 4.69) is 5.16 Å². The third-order valence-corrected chi connectivity index (χ3v) is 3.36. The molecule has 102 valence electrons. The number of nitrogens with zero attached hydrogens (tertiary/aromatic N) is 1. The molecule has 1 aromatic carbocycles. The van der Waals surface area contributed by atoms with Gasteiger partial charge in [0, 0.05) is 11.1 Å². The first-order valence-corrected chi connectivity index (χ1v) is 6.21. The Labute approximate surface area is 118 Å². The fraction of sp³-hybridized carbons (Fsp3) is 0.0714. The van der Waals surface area contributed by atoms with Gasteiger partial charge in [-0.1, -0.05) is 22.8 Å². The average Bonchev–Trinajstić information content (AvgIpc) is 2.97. The third-order valence-electron chi connectivity index (χ3n) is 3.05. The standard InChI is InChI=1S/C14H10ClFN2O2/c1-7-8(5-6-19-7)13-12(14(17)20-18-13)11-9(15)3-2-4-10(11)16/h2-6H,17H2,1H3. The number of hydrogen-bond donors (Lipinski definition) is 1. The molecule has 0 aliphatic carbocycles. The van der Waals surface area contributed by atoms with Crippen molar-refractivity contribution in [1.29, 1.82) is 0 Å². The van der Waals surface area contributed by atoms with Gasteiger partial charge in [-0.25, -0.2) is 4.39 Å². The van der Waals surface area contributed by atoms with Crippen LogP contribution in [0.15, 0.2) is 39.5 Å². The number of hydrogen-bond acceptors (Lipinski definition) is 4. The van der Waals surface area contributed by atoms with Crippen LogP contribution in [0.5, 0.6) is 0 Å². The summed E-state index contributed by atoms with van der Waals surface area (Å²) in [5, 5.41) is 4.13. The molecular weight excluding hydrogens is 283 g/mol. The first-order valence-electron chi connectivity index (χ1n) is 5.83. The zero-order chi connectivity index (χ0) is 14.3. The highest BCUT2D eigenvalue weighted by atomic mass is 35.5. The minimum Gasteiger partial charge on any atom is -0.469 e. The molecule has 0 atom stereocenters. The Bertz CT molecular complexity index is 759. The van der Waals surface area contributed by atoms with Crippen molar-refractivity contribution in [2.45, 2.75) is 6.92 Å². The number of nitrogen functional groups attached to an aromatic ring is 1. The topological polar surface area (TPSA) is 65.2 Å². The van der Waals surface area contributed by atoms with E-state index in [1.807, 2.05) is 0 Å². The first-order chi connectivity index (χ1) is 9.59. The van der Waals surface area contributed by atoms with Crippen LogP contribution in [0.4, 0.5) is 10.3 Å². The third kappa shape index (κ3) is 1.87. The Balaban J connectivity index is 2.31. The van der Waals surface area contributed by atoms with Crippen molar-refractivity contribution >= 4 is 17.5 Å². The summed E-state index contributed by atoms with van der Waals surface area (Å²) in [7, 11) is 0. The van der Waals surface area contributed by atoms with E-state index in [0.717, 1.165) is 0 Å². The van der Waals surface area contributed by atoms with Crippen molar-refractivity contribution in [2.24, 2.45) is 0 Å². The van der Waals surface area contributed by atoms with Crippen molar-refractivity contribution in [2.75, 3.05) is 5.73 Å². The van der Waals surface area contributed by atoms with Crippen LogP contribution >= 0.6 is 11.6 Å². The van der Waals surface area contributed by atoms with Gasteiger partial charge in [-0.05, 0) is 25.1 Å². The van der Waals surface area contributed by atoms with E-state index in [9.17, 15) is 4.39 Å². The predicted octanol–water partition coefficient (Wildman–Crippen LogP) is 4.28. The number of aryl methyl sites for hydroxylation is 1. The van der Waals surface area contributed by atoms with Crippen LogP contribution < -0.4 is 5.73 Å². The molecular formula is C14H10ClFN2O2. The molecule has 2 aromatic heterocycles. The average molecular weight is 293 g/mol. The molecule has 2 heterocycles. The summed E-state index contributed by atoms with van der Waals surface area (Å²) in [6.07, 6.45) is 1.52. The van der Waals surface area contributed by atoms with Gasteiger partial charge in [0.1, 0.15) is 17.3 Å². The Morgan fingerprint density at radius 3 is 2.70 bits per heavy atom. The molecule has 0 saturated carbocycles. The number of rotatable bonds is 2. The Hall–Kier alpha value is -2.27. The largest absolute Gasteiger partial charge is 0.469 e. The number of anilines is 1. The van der Waals surface area contributed by atoms with Gasteiger partial charge in [0.05, 0.1) is 16.8 Å². The molecule has 0 spiro atoms. The Morgan fingerprint density at radius 2 is 2.05 bits per heavy atom. The monoisotopic (exact) mass is 292 g/mol. The van der Waals surface area contributed by atoms with Crippen LogP contribution in [0, 0.1) is 12.7 Å². The maximum atomic E-state index is 14.1. The van der Waals surface area contributed by atoms with Crippen LogP contribution in [0.25, 0.3) is 22.4 Å². The van der Waals surface area contributed by atoms with E-state index in [-0.39, 0.29) is 16.5 Å². The highest BCUT2D eigenvalue weighted by Gasteiger charge is 2.24. The maximum absolute atomic E-state index is 14.1. The summed E-state index contributed by atoms with van der Waals surface area (Å²) < 4.78 is 24.3. The van der Waals surface area contributed by atoms with Gasteiger partial charge in [0.25, 0.3) is 0 Å². The van der Waals surface area contributed by atoms with Gasteiger partial charge in [0.15, 0.2) is 0 Å². The lowest BCUT2D eigenvalue weighted by Crippen LogP contribution is -1.92. The van der Waals surface area contributed by atoms with Gasteiger partial charge in [0.2, 0.25) is 5.88 Å². The number of halogens is 2. The zero-order valence-electron chi connectivity index (χ0n) is 10.5. The molecule has 0 fully saturated rings. The second kappa shape index (κ2) is 4.68. The molecule has 0 radical (unpaired) electrons. The van der Waals surface area contributed by atoms with Crippen LogP contribution in [0.2, 0.25) is 5.02 Å². The molecule has 0 saturated heterocycles. The molecule has 0 aliphatic heterocycles. The molecule has 3 rings (SSSR count). The van der Waals surface area contributed by atoms with Gasteiger partial charge in [-0.3, -0.25) is 0 Å². The number of benzene rings is 1. The second-order valence-electron chi connectivity index (χ2n) is 4.26. The second-order valence-corrected chi connectivity index (χ2v) is 4.66. The molecule has 0 aliphatic rings. The van der Waals surface area contributed by atoms with Gasteiger partial charge < -0.3 is 14.7 Å². The molecule has 0 unspecified atom stereocenters. The van der Waals surface area contributed by atoms with Crippen molar-refractivity contribution in [1.82, 2.24) is 5.16 Å². The summed E-state index contributed by atoms with van der Waals surface area (Å²) in [6.45, 7) is 1.77. The van der Waals surface area contributed by atoms with E-state index in [4.69, 9.17) is 26.3 Å². The minimum atomic E-state index is -0.491. The number of nitrogens with two attached hydrogens (primary N) is 1. The van der Waals surface area contributed by atoms with Crippen molar-refractivity contribution in [3.05, 3.63) is 47.1 Å². The summed E-state index contributed by atoms with van der Waals surface area (Å²) in [6, 6.07) is 6.12. The summed E-state index contributed by atoms with van der Waals surface area (Å²) in [4.78, 5) is 0. The summed E-state index contributed by atoms with van der Waals surface area (Å²) in [5.74, 6) is 0.148. The summed E-state index contributed by atoms with van der Waals surface area (Å²) in [5.41, 5.74) is 7.37. The number of furan rings is 1. The lowest BCUT2D eigenvalue weighted by atomic mass is 10.0. The molecule has 0 amide bonds. The fourth-order valence-corrected chi connectivity index (χ4v) is 2.35. The van der Waals surface area contributed by atoms with Crippen molar-refractivity contribution < 1.29 is 13.3 Å². The van der Waals surface area contributed by atoms with E-state index in [1.54, 1.807) is 19.1 Å². The van der Waals surface area contributed by atoms with Crippen LogP contribution in [0.3, 0.4) is 0 Å². The fourth-order valence-electron chi connectivity index (χ4n) is 2.10. The van der Waals surface area contributed by atoms with E-state index < -0.39 is 5.82 Å². The minimum absolute atomic E-state index is 0.00704. The predicted molar refractivity (Wildman–Crippen MR) is 73.8 cm³/mol. The first kappa shape index (κ1) is 12.7. The molecule has 4 nitrogen and oxygen atoms in total. The molecule has 6 heteroatoms. The van der Waals surface area contributed by atoms with Crippen LogP contribution in [0.1, 0.15) is 5.76 Å². The smallest absolute Gasteiger partial charge is 0.230 e. The number of aromatic nitrogens is 1. The van der Waals surface area contributed by atoms with Crippen molar-refractivity contribution in [3.63, 3.8) is 0 Å². The van der Waals surface area contributed by atoms with E-state index in [0.29, 0.717) is 22.6 Å². The van der Waals surface area contributed by atoms with Gasteiger partial charge in [-0.2, -0.15) is 0 Å². The van der Waals surface area contributed by atoms with Gasteiger partial charge in [-0.15, -0.1) is 0 Å². The lowest BCUT2D eigenvalue weighted by Gasteiger charge is -2.06. The normalized spacial score (nSPS) is 10.9. The Morgan fingerprint density at radius 1 is 1.25 bits per heavy atom. The van der Waals surface area contributed by atoms with Crippen LogP contribution in [-0.4, -0.2) is 5.16 Å². The zero-order valence-corrected chi connectivity index (χ0v) is 11.2. The maximum Gasteiger partial charge on any atom is 0.230 e.